The third-order valence-electron chi connectivity index (χ3n) is 3.08. The summed E-state index contributed by atoms with van der Waals surface area (Å²) in [6.07, 6.45) is 7.92. The lowest BCUT2D eigenvalue weighted by atomic mass is 9.86. The molecule has 1 nitrogen and oxygen atoms in total. The van der Waals surface area contributed by atoms with Gasteiger partial charge in [0.25, 0.3) is 0 Å². The molecule has 0 spiro atoms. The van der Waals surface area contributed by atoms with Gasteiger partial charge >= 0.3 is 0 Å². The van der Waals surface area contributed by atoms with Gasteiger partial charge in [0.1, 0.15) is 0 Å². The second kappa shape index (κ2) is 2.77. The summed E-state index contributed by atoms with van der Waals surface area (Å²) in [5.41, 5.74) is 0.259. The van der Waals surface area contributed by atoms with Gasteiger partial charge in [-0.05, 0) is 25.7 Å². The highest BCUT2D eigenvalue weighted by Crippen LogP contribution is 2.34. The van der Waals surface area contributed by atoms with Crippen LogP contribution >= 0.6 is 0 Å². The van der Waals surface area contributed by atoms with Crippen LogP contribution in [0.3, 0.4) is 0 Å². The van der Waals surface area contributed by atoms with E-state index in [1.165, 1.54) is 12.8 Å². The molecule has 11 heavy (non-hydrogen) atoms. The lowest BCUT2D eigenvalue weighted by molar-refractivity contribution is 0.170. The number of nitrogens with zero attached hydrogens (tertiary/aromatic N) is 1. The predicted octanol–water partition coefficient (Wildman–Crippen LogP) is 2.09. The summed E-state index contributed by atoms with van der Waals surface area (Å²) in [4.78, 5) is 2.15. The molecule has 1 aliphatic heterocycles. The summed E-state index contributed by atoms with van der Waals surface area (Å²) in [5.74, 6) is 0.654. The van der Waals surface area contributed by atoms with Crippen molar-refractivity contribution in [1.82, 2.24) is 4.90 Å². The SMILES string of the molecule is C#CN1CCCC1(C)C(C)C. The monoisotopic (exact) mass is 151 g/mol. The zero-order valence-corrected chi connectivity index (χ0v) is 7.72. The Morgan fingerprint density at radius 3 is 2.55 bits per heavy atom. The van der Waals surface area contributed by atoms with Crippen LogP contribution in [-0.2, 0) is 0 Å². The normalized spacial score (nSPS) is 31.0. The standard InChI is InChI=1S/C10H17N/c1-5-11-8-6-7-10(11,4)9(2)3/h1,9H,6-8H2,2-4H3. The topological polar surface area (TPSA) is 3.24 Å². The van der Waals surface area contributed by atoms with Crippen molar-refractivity contribution in [2.75, 3.05) is 6.54 Å². The van der Waals surface area contributed by atoms with Crippen LogP contribution < -0.4 is 0 Å². The molecular weight excluding hydrogens is 134 g/mol. The van der Waals surface area contributed by atoms with Crippen molar-refractivity contribution in [1.29, 1.82) is 0 Å². The Labute approximate surface area is 69.8 Å². The maximum Gasteiger partial charge on any atom is 0.0475 e. The van der Waals surface area contributed by atoms with Crippen LogP contribution in [0.5, 0.6) is 0 Å². The van der Waals surface area contributed by atoms with Gasteiger partial charge in [0.15, 0.2) is 0 Å². The molecule has 1 atom stereocenters. The van der Waals surface area contributed by atoms with Gasteiger partial charge in [-0.25, -0.2) is 0 Å². The van der Waals surface area contributed by atoms with Gasteiger partial charge in [-0.15, -0.1) is 0 Å². The minimum absolute atomic E-state index is 0.259. The minimum atomic E-state index is 0.259. The van der Waals surface area contributed by atoms with Crippen LogP contribution in [0.2, 0.25) is 0 Å². The summed E-state index contributed by atoms with van der Waals surface area (Å²) >= 11 is 0. The molecule has 0 saturated carbocycles. The molecule has 0 aliphatic carbocycles. The van der Waals surface area contributed by atoms with Crippen molar-refractivity contribution < 1.29 is 0 Å². The molecule has 0 aromatic rings. The van der Waals surface area contributed by atoms with Gasteiger partial charge in [0.2, 0.25) is 0 Å². The molecule has 0 bridgehead atoms. The highest BCUT2D eigenvalue weighted by molar-refractivity contribution is 5.03. The first-order valence-corrected chi connectivity index (χ1v) is 4.35. The van der Waals surface area contributed by atoms with Crippen LogP contribution in [0, 0.1) is 18.4 Å². The molecule has 62 valence electrons. The Morgan fingerprint density at radius 1 is 1.55 bits per heavy atom. The van der Waals surface area contributed by atoms with Crippen LogP contribution in [-0.4, -0.2) is 17.0 Å². The molecule has 1 rings (SSSR count). The van der Waals surface area contributed by atoms with Crippen molar-refractivity contribution in [2.45, 2.75) is 39.2 Å². The molecule has 1 heteroatoms. The Kier molecular flexibility index (Phi) is 2.13. The largest absolute Gasteiger partial charge is 0.327 e. The molecule has 1 unspecified atom stereocenters. The van der Waals surface area contributed by atoms with E-state index in [4.69, 9.17) is 6.42 Å². The van der Waals surface area contributed by atoms with Crippen molar-refractivity contribution in [3.63, 3.8) is 0 Å². The lowest BCUT2D eigenvalue weighted by Crippen LogP contribution is -2.42. The van der Waals surface area contributed by atoms with E-state index < -0.39 is 0 Å². The van der Waals surface area contributed by atoms with Gasteiger partial charge in [0, 0.05) is 18.1 Å². The quantitative estimate of drug-likeness (QED) is 0.519. The Balaban J connectivity index is 2.77. The van der Waals surface area contributed by atoms with Gasteiger partial charge in [-0.1, -0.05) is 20.3 Å². The molecule has 0 aromatic carbocycles. The maximum atomic E-state index is 5.42. The first kappa shape index (κ1) is 8.46. The molecule has 0 radical (unpaired) electrons. The zero-order chi connectivity index (χ0) is 8.48. The maximum absolute atomic E-state index is 5.42. The number of terminal acetylenes is 1. The highest BCUT2D eigenvalue weighted by atomic mass is 15.2. The molecule has 0 N–H and O–H groups in total. The van der Waals surface area contributed by atoms with Crippen LogP contribution in [0.15, 0.2) is 0 Å². The average Bonchev–Trinajstić information content (AvgIpc) is 2.32. The van der Waals surface area contributed by atoms with Crippen LogP contribution in [0.25, 0.3) is 0 Å². The molecule has 1 fully saturated rings. The summed E-state index contributed by atoms with van der Waals surface area (Å²) < 4.78 is 0. The average molecular weight is 151 g/mol. The van der Waals surface area contributed by atoms with E-state index in [0.29, 0.717) is 5.92 Å². The molecule has 1 heterocycles. The lowest BCUT2D eigenvalue weighted by Gasteiger charge is -2.36. The summed E-state index contributed by atoms with van der Waals surface area (Å²) in [6.45, 7) is 7.83. The first-order valence-electron chi connectivity index (χ1n) is 4.35. The predicted molar refractivity (Wildman–Crippen MR) is 48.0 cm³/mol. The number of hydrogen-bond donors (Lipinski definition) is 0. The fourth-order valence-corrected chi connectivity index (χ4v) is 1.80. The number of hydrogen-bond acceptors (Lipinski definition) is 1. The second-order valence-electron chi connectivity index (χ2n) is 3.90. The molecule has 1 saturated heterocycles. The summed E-state index contributed by atoms with van der Waals surface area (Å²) in [6, 6.07) is 2.77. The molecule has 0 aromatic heterocycles. The molecule has 0 amide bonds. The van der Waals surface area contributed by atoms with E-state index in [1.54, 1.807) is 0 Å². The summed E-state index contributed by atoms with van der Waals surface area (Å²) in [7, 11) is 0. The third-order valence-corrected chi connectivity index (χ3v) is 3.08. The van der Waals surface area contributed by atoms with E-state index >= 15 is 0 Å². The third kappa shape index (κ3) is 1.22. The fraction of sp³-hybridized carbons (Fsp3) is 0.800. The smallest absolute Gasteiger partial charge is 0.0475 e. The van der Waals surface area contributed by atoms with E-state index in [2.05, 4.69) is 31.7 Å². The fourth-order valence-electron chi connectivity index (χ4n) is 1.80. The van der Waals surface area contributed by atoms with Crippen molar-refractivity contribution in [2.24, 2.45) is 5.92 Å². The Bertz CT molecular complexity index is 178. The van der Waals surface area contributed by atoms with Gasteiger partial charge < -0.3 is 4.90 Å². The van der Waals surface area contributed by atoms with E-state index in [0.717, 1.165) is 6.54 Å². The van der Waals surface area contributed by atoms with Gasteiger partial charge in [-0.3, -0.25) is 0 Å². The molecular formula is C10H17N. The van der Waals surface area contributed by atoms with E-state index in [9.17, 15) is 0 Å². The van der Waals surface area contributed by atoms with Gasteiger partial charge in [-0.2, -0.15) is 0 Å². The number of likely N-dealkylation sites (tertiary alicyclic amines) is 1. The minimum Gasteiger partial charge on any atom is -0.327 e. The highest BCUT2D eigenvalue weighted by Gasteiger charge is 2.37. The second-order valence-corrected chi connectivity index (χ2v) is 3.90. The van der Waals surface area contributed by atoms with Crippen molar-refractivity contribution in [3.8, 4) is 12.5 Å². The Hall–Kier alpha value is -0.640. The van der Waals surface area contributed by atoms with Crippen LogP contribution in [0.1, 0.15) is 33.6 Å². The van der Waals surface area contributed by atoms with Crippen molar-refractivity contribution >= 4 is 0 Å². The van der Waals surface area contributed by atoms with Crippen LogP contribution in [0.4, 0.5) is 0 Å². The molecule has 1 aliphatic rings. The van der Waals surface area contributed by atoms with E-state index in [-0.39, 0.29) is 5.54 Å². The zero-order valence-electron chi connectivity index (χ0n) is 7.72. The van der Waals surface area contributed by atoms with Crippen molar-refractivity contribution in [3.05, 3.63) is 0 Å². The first-order chi connectivity index (χ1) is 5.11. The number of rotatable bonds is 1. The van der Waals surface area contributed by atoms with E-state index in [1.807, 2.05) is 0 Å². The Morgan fingerprint density at radius 2 is 2.18 bits per heavy atom. The van der Waals surface area contributed by atoms with Gasteiger partial charge in [0.05, 0.1) is 0 Å². The summed E-state index contributed by atoms with van der Waals surface area (Å²) in [5, 5.41) is 0.